The van der Waals surface area contributed by atoms with Gasteiger partial charge in [0.1, 0.15) is 36.6 Å². The molecule has 1 amide bonds. The molecule has 0 heterocycles. The number of amides is 1. The van der Waals surface area contributed by atoms with Gasteiger partial charge in [-0.15, -0.1) is 0 Å². The Labute approximate surface area is 380 Å². The Hall–Kier alpha value is -2.00. The summed E-state index contributed by atoms with van der Waals surface area (Å²) in [7, 11) is -5.16. The van der Waals surface area contributed by atoms with Crippen LogP contribution in [0.4, 0.5) is 0 Å². The molecule has 1 rings (SSSR count). The van der Waals surface area contributed by atoms with Crippen molar-refractivity contribution in [3.8, 4) is 0 Å². The van der Waals surface area contributed by atoms with E-state index in [-0.39, 0.29) is 6.42 Å². The van der Waals surface area contributed by atoms with Crippen LogP contribution >= 0.6 is 7.82 Å². The van der Waals surface area contributed by atoms with Crippen LogP contribution in [0.2, 0.25) is 0 Å². The van der Waals surface area contributed by atoms with Crippen LogP contribution in [-0.2, 0) is 18.4 Å². The van der Waals surface area contributed by atoms with Crippen molar-refractivity contribution >= 4 is 13.7 Å². The smallest absolute Gasteiger partial charge is 0.393 e. The Morgan fingerprint density at radius 2 is 1.03 bits per heavy atom. The topological polar surface area (TPSA) is 226 Å². The van der Waals surface area contributed by atoms with Crippen LogP contribution in [0.3, 0.4) is 0 Å². The predicted molar refractivity (Wildman–Crippen MR) is 252 cm³/mol. The van der Waals surface area contributed by atoms with Crippen LogP contribution < -0.4 is 5.32 Å². The number of phosphoric acid groups is 1. The van der Waals surface area contributed by atoms with E-state index in [4.69, 9.17) is 9.05 Å². The maximum Gasteiger partial charge on any atom is 0.472 e. The van der Waals surface area contributed by atoms with Gasteiger partial charge in [-0.05, 0) is 70.6 Å². The molecule has 1 fully saturated rings. The molecule has 0 bridgehead atoms. The third kappa shape index (κ3) is 30.0. The second-order valence-corrected chi connectivity index (χ2v) is 18.5. The number of carbonyl (C=O) groups is 1. The number of rotatable bonds is 39. The number of aliphatic hydroxyl groups excluding tert-OH is 7. The zero-order valence-corrected chi connectivity index (χ0v) is 39.6. The lowest BCUT2D eigenvalue weighted by Crippen LogP contribution is -2.64. The van der Waals surface area contributed by atoms with Crippen LogP contribution in [-0.4, -0.2) is 108 Å². The van der Waals surface area contributed by atoms with Gasteiger partial charge in [0.25, 0.3) is 0 Å². The first-order chi connectivity index (χ1) is 30.3. The van der Waals surface area contributed by atoms with Crippen LogP contribution in [0, 0.1) is 0 Å². The summed E-state index contributed by atoms with van der Waals surface area (Å²) in [5.41, 5.74) is 0. The molecule has 9 N–H and O–H groups in total. The van der Waals surface area contributed by atoms with E-state index in [2.05, 4.69) is 61.7 Å². The summed E-state index contributed by atoms with van der Waals surface area (Å²) in [6.07, 6.45) is 33.1. The van der Waals surface area contributed by atoms with Crippen molar-refractivity contribution in [2.24, 2.45) is 0 Å². The fourth-order valence-corrected chi connectivity index (χ4v) is 8.33. The monoisotopic (exact) mass is 914 g/mol. The summed E-state index contributed by atoms with van der Waals surface area (Å²) < 4.78 is 22.9. The molecule has 366 valence electrons. The van der Waals surface area contributed by atoms with E-state index >= 15 is 0 Å². The van der Waals surface area contributed by atoms with Crippen molar-refractivity contribution in [2.45, 2.75) is 236 Å². The lowest BCUT2D eigenvalue weighted by atomic mass is 9.85. The Morgan fingerprint density at radius 3 is 1.57 bits per heavy atom. The lowest BCUT2D eigenvalue weighted by Gasteiger charge is -2.41. The van der Waals surface area contributed by atoms with Gasteiger partial charge in [-0.25, -0.2) is 4.57 Å². The van der Waals surface area contributed by atoms with E-state index in [1.807, 2.05) is 6.08 Å². The molecule has 8 atom stereocenters. The number of hydrogen-bond donors (Lipinski definition) is 9. The van der Waals surface area contributed by atoms with Gasteiger partial charge in [-0.2, -0.15) is 0 Å². The molecule has 0 saturated heterocycles. The van der Waals surface area contributed by atoms with Crippen molar-refractivity contribution in [2.75, 3.05) is 6.61 Å². The third-order valence-corrected chi connectivity index (χ3v) is 12.3. The summed E-state index contributed by atoms with van der Waals surface area (Å²) >= 11 is 0. The lowest BCUT2D eigenvalue weighted by molar-refractivity contribution is -0.220. The first-order valence-corrected chi connectivity index (χ1v) is 25.8. The molecule has 8 unspecified atom stereocenters. The average molecular weight is 914 g/mol. The number of unbranched alkanes of at least 4 members (excludes halogenated alkanes) is 18. The predicted octanol–water partition coefficient (Wildman–Crippen LogP) is 8.48. The quantitative estimate of drug-likeness (QED) is 0.0161. The number of nitrogens with one attached hydrogen (secondary N) is 1. The van der Waals surface area contributed by atoms with Crippen molar-refractivity contribution in [1.82, 2.24) is 5.32 Å². The minimum atomic E-state index is -5.16. The van der Waals surface area contributed by atoms with E-state index in [1.54, 1.807) is 6.08 Å². The fraction of sp³-hybridized carbons (Fsp3) is 0.776. The third-order valence-electron chi connectivity index (χ3n) is 11.3. The molecule has 0 radical (unpaired) electrons. The average Bonchev–Trinajstić information content (AvgIpc) is 3.26. The van der Waals surface area contributed by atoms with Crippen LogP contribution in [0.5, 0.6) is 0 Å². The summed E-state index contributed by atoms with van der Waals surface area (Å²) in [6.45, 7) is 3.60. The normalized spacial score (nSPS) is 23.4. The van der Waals surface area contributed by atoms with Gasteiger partial charge in [0, 0.05) is 0 Å². The van der Waals surface area contributed by atoms with E-state index in [0.717, 1.165) is 57.8 Å². The highest BCUT2D eigenvalue weighted by atomic mass is 31.2. The van der Waals surface area contributed by atoms with Gasteiger partial charge < -0.3 is 46.0 Å². The first-order valence-electron chi connectivity index (χ1n) is 24.3. The second kappa shape index (κ2) is 38.1. The number of aliphatic hydroxyl groups is 7. The molecule has 0 aromatic rings. The largest absolute Gasteiger partial charge is 0.472 e. The van der Waals surface area contributed by atoms with Crippen molar-refractivity contribution < 1.29 is 59.0 Å². The van der Waals surface area contributed by atoms with Gasteiger partial charge >= 0.3 is 7.82 Å². The molecule has 0 aromatic heterocycles. The molecular weight excluding hydrogens is 826 g/mol. The maximum atomic E-state index is 13.0. The molecule has 0 spiro atoms. The van der Waals surface area contributed by atoms with E-state index in [0.29, 0.717) is 19.3 Å². The SMILES string of the molecule is CC/C=C\C/C=C\CCCCCCCCCCCCCCC(O)CC(=O)NC(COP(=O)(O)OC1C(O)C(O)C(O)C(O)C1O)C(O)/C=C/CC/C=C/CC/C=C/CCCCCC. The van der Waals surface area contributed by atoms with Crippen molar-refractivity contribution in [3.05, 3.63) is 60.8 Å². The highest BCUT2D eigenvalue weighted by molar-refractivity contribution is 7.47. The molecule has 1 aliphatic carbocycles. The minimum Gasteiger partial charge on any atom is -0.393 e. The van der Waals surface area contributed by atoms with Gasteiger partial charge in [0.2, 0.25) is 5.91 Å². The molecule has 63 heavy (non-hydrogen) atoms. The number of carbonyl (C=O) groups excluding carboxylic acids is 1. The molecule has 1 aliphatic rings. The Morgan fingerprint density at radius 1 is 0.587 bits per heavy atom. The standard InChI is InChI=1S/C49H88NO12P/c1-3-5-7-9-11-13-15-17-19-20-21-22-23-24-26-28-30-32-34-36-40(51)38-43(53)50-41(39-61-63(59,60)62-49-47(57)45(55)44(54)46(56)48(49)58)42(52)37-35-33-31-29-27-25-18-16-14-12-10-8-6-4-2/h5,7,11,13-14,16,27,29,35,37,40-42,44-49,51-52,54-58H,3-4,6,8-10,12,15,17-26,28,30-34,36,38-39H2,1-2H3,(H,50,53)(H,59,60)/b7-5-,13-11-,16-14+,29-27+,37-35+. The van der Waals surface area contributed by atoms with Gasteiger partial charge in [0.15, 0.2) is 0 Å². The van der Waals surface area contributed by atoms with E-state index in [9.17, 15) is 50.0 Å². The van der Waals surface area contributed by atoms with Crippen molar-refractivity contribution in [3.63, 3.8) is 0 Å². The van der Waals surface area contributed by atoms with Crippen molar-refractivity contribution in [1.29, 1.82) is 0 Å². The van der Waals surface area contributed by atoms with Crippen LogP contribution in [0.25, 0.3) is 0 Å². The molecule has 1 saturated carbocycles. The summed E-state index contributed by atoms with van der Waals surface area (Å²) in [5.74, 6) is -0.610. The molecule has 0 aliphatic heterocycles. The zero-order chi connectivity index (χ0) is 46.6. The first kappa shape index (κ1) is 59.0. The van der Waals surface area contributed by atoms with Gasteiger partial charge in [0.05, 0.1) is 31.3 Å². The summed E-state index contributed by atoms with van der Waals surface area (Å²) in [4.78, 5) is 23.5. The van der Waals surface area contributed by atoms with E-state index in [1.165, 1.54) is 89.5 Å². The van der Waals surface area contributed by atoms with Crippen LogP contribution in [0.15, 0.2) is 60.8 Å². The fourth-order valence-electron chi connectivity index (χ4n) is 7.37. The summed E-state index contributed by atoms with van der Waals surface area (Å²) in [6, 6.07) is -1.26. The van der Waals surface area contributed by atoms with E-state index < -0.39 is 75.2 Å². The molecule has 14 heteroatoms. The second-order valence-electron chi connectivity index (χ2n) is 17.1. The minimum absolute atomic E-state index is 0.259. The number of allylic oxidation sites excluding steroid dienone is 9. The van der Waals surface area contributed by atoms with Crippen LogP contribution in [0.1, 0.15) is 181 Å². The highest BCUT2D eigenvalue weighted by Gasteiger charge is 2.51. The molecular formula is C49H88NO12P. The maximum absolute atomic E-state index is 13.0. The Balaban J connectivity index is 2.52. The van der Waals surface area contributed by atoms with Gasteiger partial charge in [-0.3, -0.25) is 13.8 Å². The number of phosphoric ester groups is 1. The number of hydrogen-bond acceptors (Lipinski definition) is 11. The Kier molecular flexibility index (Phi) is 35.7. The zero-order valence-electron chi connectivity index (χ0n) is 38.7. The Bertz CT molecular complexity index is 1310. The summed E-state index contributed by atoms with van der Waals surface area (Å²) in [5, 5.41) is 74.5. The molecule has 0 aromatic carbocycles. The highest BCUT2D eigenvalue weighted by Crippen LogP contribution is 2.47. The molecule has 13 nitrogen and oxygen atoms in total. The van der Waals surface area contributed by atoms with Gasteiger partial charge in [-0.1, -0.05) is 164 Å².